The van der Waals surface area contributed by atoms with Crippen molar-refractivity contribution in [3.8, 4) is 0 Å². The topological polar surface area (TPSA) is 228 Å². The van der Waals surface area contributed by atoms with Crippen molar-refractivity contribution in [2.45, 2.75) is 170 Å². The summed E-state index contributed by atoms with van der Waals surface area (Å²) in [7, 11) is 0. The van der Waals surface area contributed by atoms with E-state index in [-0.39, 0.29) is 44.0 Å². The molecule has 8 bridgehead atoms. The number of aromatic nitrogens is 4. The van der Waals surface area contributed by atoms with Crippen molar-refractivity contribution in [1.82, 2.24) is 19.9 Å². The number of ketones is 1. The molecule has 70 heavy (non-hydrogen) atoms. The fourth-order valence-corrected chi connectivity index (χ4v) is 9.63. The molecular weight excluding hydrogens is 901 g/mol. The third-order valence-electron chi connectivity index (χ3n) is 13.4. The largest absolute Gasteiger partial charge is 0.463 e. The van der Waals surface area contributed by atoms with Gasteiger partial charge in [-0.3, -0.25) is 29.0 Å². The molecule has 1 fully saturated rings. The number of rotatable bonds is 21. The summed E-state index contributed by atoms with van der Waals surface area (Å²) in [6, 6.07) is 6.31. The molecule has 7 atom stereocenters. The van der Waals surface area contributed by atoms with Crippen LogP contribution in [0.4, 0.5) is 0 Å². The van der Waals surface area contributed by atoms with Crippen LogP contribution in [-0.2, 0) is 70.2 Å². The minimum absolute atomic E-state index is 0.00950. The van der Waals surface area contributed by atoms with Crippen LogP contribution in [0.3, 0.4) is 0 Å². The van der Waals surface area contributed by atoms with Gasteiger partial charge in [0, 0.05) is 98.0 Å². The van der Waals surface area contributed by atoms with Crippen LogP contribution < -0.4 is 0 Å². The molecule has 1 saturated heterocycles. The zero-order valence-corrected chi connectivity index (χ0v) is 42.3. The Balaban J connectivity index is 1.03. The molecule has 3 aliphatic rings. The van der Waals surface area contributed by atoms with E-state index in [1.165, 1.54) is 25.0 Å². The third-order valence-corrected chi connectivity index (χ3v) is 13.4. The van der Waals surface area contributed by atoms with E-state index in [0.717, 1.165) is 113 Å². The van der Waals surface area contributed by atoms with Crippen molar-refractivity contribution in [1.29, 1.82) is 0 Å². The first-order valence-electron chi connectivity index (χ1n) is 24.4. The van der Waals surface area contributed by atoms with Gasteiger partial charge in [0.15, 0.2) is 24.6 Å². The van der Waals surface area contributed by atoms with Crippen molar-refractivity contribution >= 4 is 63.4 Å². The van der Waals surface area contributed by atoms with Crippen molar-refractivity contribution < 1.29 is 62.2 Å². The van der Waals surface area contributed by atoms with Gasteiger partial charge in [0.2, 0.25) is 0 Å². The number of aryl methyl sites for hydroxylation is 3. The number of hydrogen-bond acceptors (Lipinski definition) is 15. The molecule has 3 aromatic heterocycles. The van der Waals surface area contributed by atoms with Gasteiger partial charge >= 0.3 is 23.9 Å². The number of hydrogen-bond donors (Lipinski definition) is 3. The second-order valence-corrected chi connectivity index (χ2v) is 18.5. The first kappa shape index (κ1) is 53.6. The Labute approximate surface area is 409 Å². The average molecular weight is 971 g/mol. The fraction of sp³-hybridized carbons (Fsp3) is 0.566. The summed E-state index contributed by atoms with van der Waals surface area (Å²) >= 11 is 0. The van der Waals surface area contributed by atoms with Crippen LogP contribution in [0.2, 0.25) is 0 Å². The number of allylic oxidation sites excluding steroid dienone is 1. The highest BCUT2D eigenvalue weighted by atomic mass is 16.7. The molecule has 0 aromatic carbocycles. The molecule has 0 aliphatic carbocycles. The van der Waals surface area contributed by atoms with Gasteiger partial charge in [0.1, 0.15) is 18.5 Å². The van der Waals surface area contributed by atoms with E-state index in [1.54, 1.807) is 0 Å². The zero-order valence-electron chi connectivity index (χ0n) is 42.3. The number of carbonyl (C=O) groups excluding carboxylic acids is 5. The normalized spacial score (nSPS) is 21.0. The molecule has 17 heteroatoms. The summed E-state index contributed by atoms with van der Waals surface area (Å²) in [6.45, 7) is 17.5. The van der Waals surface area contributed by atoms with Gasteiger partial charge in [-0.1, -0.05) is 26.7 Å². The molecule has 0 unspecified atom stereocenters. The summed E-state index contributed by atoms with van der Waals surface area (Å²) in [5.74, 6) is -2.50. The number of aliphatic hydroxyl groups excluding tert-OH is 1. The number of esters is 4. The smallest absolute Gasteiger partial charge is 0.303 e. The predicted molar refractivity (Wildman–Crippen MR) is 261 cm³/mol. The zero-order chi connectivity index (χ0) is 50.8. The minimum atomic E-state index is -1.32. The molecule has 380 valence electrons. The number of nitrogens with zero attached hydrogens (tertiary/aromatic N) is 2. The van der Waals surface area contributed by atoms with Gasteiger partial charge in [-0.25, -0.2) is 4.98 Å². The first-order valence-corrected chi connectivity index (χ1v) is 24.4. The Bertz CT molecular complexity index is 2610. The monoisotopic (exact) mass is 970 g/mol. The molecule has 6 heterocycles. The number of unbranched alkanes of at least 4 members (excludes halogenated alkanes) is 3. The van der Waals surface area contributed by atoms with Gasteiger partial charge in [-0.2, -0.15) is 0 Å². The second-order valence-electron chi connectivity index (χ2n) is 18.5. The van der Waals surface area contributed by atoms with E-state index in [0.29, 0.717) is 25.9 Å². The standard InChI is InChI=1S/C53H70N4O13/c1-11-38-29(3)44-25-47-40(26-58)31(5)43(56-47)24-45-30(4)39(49(57-45)32(6)42-22-28(2)41(54-42)23-46(38)55-44)18-17-37(63)16-14-12-13-15-19-64-20-21-65-53-52(69-36(10)62)51(68-35(9)61)50(67-34(8)60)48(70-53)27-66-33(7)59/h22-25,30,39,48,50-53,55-56,58H,11-21,26-27H2,1-10H3/t30-,39-,48+,50+,51-,52+,53+/m0/s1. The Kier molecular flexibility index (Phi) is 18.7. The highest BCUT2D eigenvalue weighted by Gasteiger charge is 2.52. The molecule has 6 rings (SSSR count). The number of carbonyl (C=O) groups is 5. The lowest BCUT2D eigenvalue weighted by atomic mass is 9.85. The Hall–Kier alpha value is -5.75. The Morgan fingerprint density at radius 1 is 0.700 bits per heavy atom. The number of aliphatic hydroxyl groups is 1. The average Bonchev–Trinajstić information content (AvgIpc) is 4.01. The summed E-state index contributed by atoms with van der Waals surface area (Å²) in [6.07, 6.45) is 1.55. The molecule has 0 radical (unpaired) electrons. The van der Waals surface area contributed by atoms with E-state index in [4.69, 9.17) is 43.1 Å². The maximum atomic E-state index is 13.4. The Morgan fingerprint density at radius 3 is 2.01 bits per heavy atom. The number of Topliss-reactive ketones (excluding diaryl/α,β-unsaturated/α-hetero) is 1. The maximum absolute atomic E-state index is 13.4. The molecule has 3 aromatic rings. The number of H-pyrrole nitrogens is 2. The fourth-order valence-electron chi connectivity index (χ4n) is 9.63. The second kappa shape index (κ2) is 24.4. The number of ether oxygens (including phenoxy) is 7. The van der Waals surface area contributed by atoms with Gasteiger partial charge < -0.3 is 48.2 Å². The van der Waals surface area contributed by atoms with E-state index >= 15 is 0 Å². The van der Waals surface area contributed by atoms with Crippen molar-refractivity contribution in [3.05, 3.63) is 68.8 Å². The van der Waals surface area contributed by atoms with Crippen LogP contribution in [0.1, 0.15) is 156 Å². The van der Waals surface area contributed by atoms with Crippen LogP contribution in [0.15, 0.2) is 18.2 Å². The lowest BCUT2D eigenvalue weighted by Gasteiger charge is -2.44. The lowest BCUT2D eigenvalue weighted by Crippen LogP contribution is -2.63. The summed E-state index contributed by atoms with van der Waals surface area (Å²) < 4.78 is 39.1. The van der Waals surface area contributed by atoms with E-state index in [9.17, 15) is 29.1 Å². The molecule has 17 nitrogen and oxygen atoms in total. The van der Waals surface area contributed by atoms with Crippen molar-refractivity contribution in [2.75, 3.05) is 26.4 Å². The van der Waals surface area contributed by atoms with Gasteiger partial charge in [-0.05, 0) is 105 Å². The van der Waals surface area contributed by atoms with Crippen LogP contribution in [0, 0.1) is 20.8 Å². The van der Waals surface area contributed by atoms with Crippen LogP contribution in [0.5, 0.6) is 0 Å². The van der Waals surface area contributed by atoms with E-state index < -0.39 is 54.6 Å². The highest BCUT2D eigenvalue weighted by Crippen LogP contribution is 2.42. The minimum Gasteiger partial charge on any atom is -0.463 e. The maximum Gasteiger partial charge on any atom is 0.303 e. The molecule has 0 spiro atoms. The molecule has 3 aliphatic heterocycles. The predicted octanol–water partition coefficient (Wildman–Crippen LogP) is 8.16. The van der Waals surface area contributed by atoms with E-state index in [2.05, 4.69) is 68.9 Å². The third kappa shape index (κ3) is 13.2. The quantitative estimate of drug-likeness (QED) is 0.0520. The van der Waals surface area contributed by atoms with Gasteiger partial charge in [0.25, 0.3) is 0 Å². The van der Waals surface area contributed by atoms with Gasteiger partial charge in [-0.15, -0.1) is 0 Å². The van der Waals surface area contributed by atoms with Crippen molar-refractivity contribution in [3.63, 3.8) is 0 Å². The highest BCUT2D eigenvalue weighted by molar-refractivity contribution is 5.85. The van der Waals surface area contributed by atoms with Gasteiger partial charge in [0.05, 0.1) is 31.2 Å². The molecule has 0 amide bonds. The van der Waals surface area contributed by atoms with Crippen LogP contribution >= 0.6 is 0 Å². The first-order chi connectivity index (χ1) is 33.4. The molecular formula is C53H70N4O13. The van der Waals surface area contributed by atoms with E-state index in [1.807, 2.05) is 6.92 Å². The Morgan fingerprint density at radius 2 is 1.34 bits per heavy atom. The summed E-state index contributed by atoms with van der Waals surface area (Å²) in [5.41, 5.74) is 13.7. The molecule has 3 N–H and O–H groups in total. The number of nitrogens with one attached hydrogen (secondary N) is 2. The van der Waals surface area contributed by atoms with Crippen LogP contribution in [-0.4, -0.2) is 112 Å². The molecule has 0 saturated carbocycles. The van der Waals surface area contributed by atoms with Crippen molar-refractivity contribution in [2.24, 2.45) is 0 Å². The van der Waals surface area contributed by atoms with Crippen LogP contribution in [0.25, 0.3) is 33.7 Å². The lowest BCUT2D eigenvalue weighted by molar-refractivity contribution is -0.309. The number of fused-ring (bicyclic) bond motifs is 8. The number of aromatic amines is 2. The summed E-state index contributed by atoms with van der Waals surface area (Å²) in [5, 5.41) is 10.5. The SMILES string of the molecule is CCc1c(C)c2cc3[nH]c(cc4nc(c(C)c5nc(cc1[nH]2)C(C)=C5)[C@@H](CCC(=O)CCCCCCOCCO[C@@H]1O[C@H](COC(C)=O)[C@@H](OC(C)=O)[C@H](OC(C)=O)[C@H]1OC(C)=O)[C@@H]4C)c(C)c3CO. The summed E-state index contributed by atoms with van der Waals surface area (Å²) in [4.78, 5) is 78.8.